The van der Waals surface area contributed by atoms with Crippen molar-refractivity contribution in [1.82, 2.24) is 0 Å². The van der Waals surface area contributed by atoms with E-state index in [9.17, 15) is 14.7 Å². The van der Waals surface area contributed by atoms with Crippen molar-refractivity contribution in [2.24, 2.45) is 11.8 Å². The minimum Gasteiger partial charge on any atom is -0.479 e. The molecule has 0 saturated heterocycles. The third-order valence-electron chi connectivity index (χ3n) is 4.63. The van der Waals surface area contributed by atoms with Crippen molar-refractivity contribution in [2.45, 2.75) is 71.8 Å². The van der Waals surface area contributed by atoms with Crippen LogP contribution >= 0.6 is 0 Å². The molecule has 0 aromatic heterocycles. The molecule has 0 aliphatic heterocycles. The smallest absolute Gasteiger partial charge is 0.332 e. The molecular formula is C22H32O4. The molecule has 144 valence electrons. The van der Waals surface area contributed by atoms with Gasteiger partial charge in [0.05, 0.1) is 0 Å². The minimum atomic E-state index is -1.41. The molecule has 3 atom stereocenters. The van der Waals surface area contributed by atoms with Gasteiger partial charge in [0, 0.05) is 18.3 Å². The van der Waals surface area contributed by atoms with Crippen molar-refractivity contribution in [2.75, 3.05) is 0 Å². The van der Waals surface area contributed by atoms with E-state index < -0.39 is 12.1 Å². The van der Waals surface area contributed by atoms with Crippen molar-refractivity contribution in [3.63, 3.8) is 0 Å². The molecule has 0 fully saturated rings. The maximum atomic E-state index is 12.2. The van der Waals surface area contributed by atoms with Crippen LogP contribution in [0.15, 0.2) is 41.2 Å². The molecule has 0 aromatic rings. The van der Waals surface area contributed by atoms with E-state index in [0.29, 0.717) is 12.0 Å². The summed E-state index contributed by atoms with van der Waals surface area (Å²) in [6, 6.07) is 0. The molecule has 0 amide bonds. The Balaban J connectivity index is 2.64. The van der Waals surface area contributed by atoms with Crippen LogP contribution in [0, 0.1) is 11.8 Å². The van der Waals surface area contributed by atoms with Gasteiger partial charge in [0.15, 0.2) is 11.9 Å². The standard InChI is InChI=1S/C22H32O4/c1-4-5-6-7-8-9-10-18-11-12-20(23)19(18)14-16(2)13-17(3)15-21(24)22(25)26/h9-12,18-19,21,24H,4-8,14-15H2,1-3H3,(H,25,26)/t13?,18-,19+,21?/m0/s1. The molecule has 0 aromatic carbocycles. The number of unbranched alkanes of at least 4 members (excludes halogenated alkanes) is 4. The van der Waals surface area contributed by atoms with Gasteiger partial charge in [-0.25, -0.2) is 4.79 Å². The number of aliphatic carboxylic acids is 1. The van der Waals surface area contributed by atoms with Gasteiger partial charge in [0.2, 0.25) is 0 Å². The maximum absolute atomic E-state index is 12.2. The Morgan fingerprint density at radius 2 is 2.00 bits per heavy atom. The zero-order chi connectivity index (χ0) is 19.5. The number of rotatable bonds is 11. The van der Waals surface area contributed by atoms with E-state index in [-0.39, 0.29) is 24.0 Å². The lowest BCUT2D eigenvalue weighted by Crippen LogP contribution is -2.19. The summed E-state index contributed by atoms with van der Waals surface area (Å²) in [6.45, 7) is 5.84. The Morgan fingerprint density at radius 1 is 1.27 bits per heavy atom. The third-order valence-corrected chi connectivity index (χ3v) is 4.63. The predicted molar refractivity (Wildman–Crippen MR) is 104 cm³/mol. The van der Waals surface area contributed by atoms with Crippen molar-refractivity contribution in [3.8, 4) is 0 Å². The summed E-state index contributed by atoms with van der Waals surface area (Å²) in [5.41, 5.74) is 4.72. The first-order chi connectivity index (χ1) is 12.3. The molecular weight excluding hydrogens is 328 g/mol. The average molecular weight is 360 g/mol. The second-order valence-electron chi connectivity index (χ2n) is 7.17. The first kappa shape index (κ1) is 22.1. The Hall–Kier alpha value is -1.90. The number of allylic oxidation sites excluding steroid dienone is 4. The second kappa shape index (κ2) is 11.7. The molecule has 4 heteroatoms. The fraction of sp³-hybridized carbons (Fsp3) is 0.591. The number of aliphatic hydroxyl groups excluding tert-OH is 1. The number of ketones is 1. The lowest BCUT2D eigenvalue weighted by Gasteiger charge is -2.14. The zero-order valence-electron chi connectivity index (χ0n) is 16.2. The molecule has 1 aliphatic rings. The Bertz CT molecular complexity index is 606. The number of hydrogen-bond donors (Lipinski definition) is 2. The van der Waals surface area contributed by atoms with Gasteiger partial charge in [-0.05, 0) is 50.3 Å². The normalized spacial score (nSPS) is 20.4. The van der Waals surface area contributed by atoms with Gasteiger partial charge in [0.25, 0.3) is 0 Å². The number of aliphatic hydroxyl groups is 1. The molecule has 0 radical (unpaired) electrons. The van der Waals surface area contributed by atoms with Crippen molar-refractivity contribution in [3.05, 3.63) is 41.2 Å². The highest BCUT2D eigenvalue weighted by molar-refractivity contribution is 5.95. The molecule has 0 spiro atoms. The number of carboxylic acid groups (broad SMARTS) is 1. The van der Waals surface area contributed by atoms with Gasteiger partial charge >= 0.3 is 5.97 Å². The second-order valence-corrected chi connectivity index (χ2v) is 7.17. The summed E-state index contributed by atoms with van der Waals surface area (Å²) >= 11 is 0. The molecule has 4 nitrogen and oxygen atoms in total. The van der Waals surface area contributed by atoms with Gasteiger partial charge in [-0.15, -0.1) is 5.73 Å². The molecule has 0 heterocycles. The Morgan fingerprint density at radius 3 is 2.65 bits per heavy atom. The topological polar surface area (TPSA) is 74.6 Å². The van der Waals surface area contributed by atoms with Crippen LogP contribution in [0.25, 0.3) is 0 Å². The molecule has 2 N–H and O–H groups in total. The van der Waals surface area contributed by atoms with E-state index in [2.05, 4.69) is 24.8 Å². The molecule has 1 rings (SSSR count). The van der Waals surface area contributed by atoms with Crippen LogP contribution in [-0.4, -0.2) is 28.1 Å². The summed E-state index contributed by atoms with van der Waals surface area (Å²) in [5.74, 6) is -1.08. The van der Waals surface area contributed by atoms with E-state index in [4.69, 9.17) is 5.11 Å². The zero-order valence-corrected chi connectivity index (χ0v) is 16.2. The van der Waals surface area contributed by atoms with Crippen molar-refractivity contribution in [1.29, 1.82) is 0 Å². The highest BCUT2D eigenvalue weighted by Gasteiger charge is 2.28. The highest BCUT2D eigenvalue weighted by atomic mass is 16.4. The monoisotopic (exact) mass is 360 g/mol. The molecule has 0 bridgehead atoms. The molecule has 0 saturated carbocycles. The van der Waals surface area contributed by atoms with Crippen LogP contribution < -0.4 is 0 Å². The van der Waals surface area contributed by atoms with E-state index >= 15 is 0 Å². The summed E-state index contributed by atoms with van der Waals surface area (Å²) in [7, 11) is 0. The van der Waals surface area contributed by atoms with Crippen molar-refractivity contribution >= 4 is 11.8 Å². The van der Waals surface area contributed by atoms with Crippen molar-refractivity contribution < 1.29 is 19.8 Å². The van der Waals surface area contributed by atoms with E-state index in [1.54, 1.807) is 13.0 Å². The maximum Gasteiger partial charge on any atom is 0.332 e. The fourth-order valence-corrected chi connectivity index (χ4v) is 3.20. The van der Waals surface area contributed by atoms with Crippen LogP contribution in [-0.2, 0) is 9.59 Å². The van der Waals surface area contributed by atoms with Gasteiger partial charge < -0.3 is 10.2 Å². The summed E-state index contributed by atoms with van der Waals surface area (Å²) in [6.07, 6.45) is 13.2. The SMILES string of the molecule is CCCCCCC=C[C@H]1C=CC(=O)[C@@H]1CC(C)=C=C(C)CC(O)C(=O)O. The van der Waals surface area contributed by atoms with Crippen LogP contribution in [0.5, 0.6) is 0 Å². The average Bonchev–Trinajstić information content (AvgIpc) is 2.90. The molecule has 1 aliphatic carbocycles. The largest absolute Gasteiger partial charge is 0.479 e. The summed E-state index contributed by atoms with van der Waals surface area (Å²) in [5, 5.41) is 18.2. The summed E-state index contributed by atoms with van der Waals surface area (Å²) < 4.78 is 0. The van der Waals surface area contributed by atoms with Crippen LogP contribution in [0.1, 0.15) is 65.7 Å². The fourth-order valence-electron chi connectivity index (χ4n) is 3.20. The lowest BCUT2D eigenvalue weighted by atomic mass is 9.88. The Kier molecular flexibility index (Phi) is 9.93. The van der Waals surface area contributed by atoms with E-state index in [1.165, 1.54) is 25.7 Å². The van der Waals surface area contributed by atoms with Crippen LogP contribution in [0.2, 0.25) is 0 Å². The third kappa shape index (κ3) is 7.99. The minimum absolute atomic E-state index is 0.0463. The highest BCUT2D eigenvalue weighted by Crippen LogP contribution is 2.29. The molecule has 1 unspecified atom stereocenters. The van der Waals surface area contributed by atoms with E-state index in [0.717, 1.165) is 12.0 Å². The first-order valence-corrected chi connectivity index (χ1v) is 9.56. The van der Waals surface area contributed by atoms with Gasteiger partial charge in [-0.2, -0.15) is 0 Å². The van der Waals surface area contributed by atoms with Gasteiger partial charge in [-0.1, -0.05) is 44.4 Å². The van der Waals surface area contributed by atoms with Crippen LogP contribution in [0.4, 0.5) is 0 Å². The lowest BCUT2D eigenvalue weighted by molar-refractivity contribution is -0.146. The number of hydrogen-bond acceptors (Lipinski definition) is 3. The Labute approximate surface area is 157 Å². The van der Waals surface area contributed by atoms with Gasteiger partial charge in [0.1, 0.15) is 0 Å². The van der Waals surface area contributed by atoms with Crippen LogP contribution in [0.3, 0.4) is 0 Å². The quantitative estimate of drug-likeness (QED) is 0.321. The first-order valence-electron chi connectivity index (χ1n) is 9.56. The van der Waals surface area contributed by atoms with E-state index in [1.807, 2.05) is 13.0 Å². The predicted octanol–water partition coefficient (Wildman–Crippen LogP) is 4.60. The number of carbonyl (C=O) groups is 2. The molecule has 26 heavy (non-hydrogen) atoms. The summed E-state index contributed by atoms with van der Waals surface area (Å²) in [4.78, 5) is 22.9. The number of carboxylic acids is 1. The number of carbonyl (C=O) groups excluding carboxylic acids is 1. The van der Waals surface area contributed by atoms with Gasteiger partial charge in [-0.3, -0.25) is 4.79 Å².